The Morgan fingerprint density at radius 2 is 1.74 bits per heavy atom. The summed E-state index contributed by atoms with van der Waals surface area (Å²) in [5.74, 6) is 2.15. The van der Waals surface area contributed by atoms with Crippen molar-refractivity contribution in [1.29, 1.82) is 0 Å². The summed E-state index contributed by atoms with van der Waals surface area (Å²) in [7, 11) is 4.26. The van der Waals surface area contributed by atoms with Crippen LogP contribution in [0.5, 0.6) is 0 Å². The van der Waals surface area contributed by atoms with Crippen LogP contribution in [0.3, 0.4) is 0 Å². The Bertz CT molecular complexity index is 1150. The van der Waals surface area contributed by atoms with Crippen molar-refractivity contribution >= 4 is 11.6 Å². The molecule has 3 aromatic rings. The van der Waals surface area contributed by atoms with E-state index in [-0.39, 0.29) is 0 Å². The molecular formula is C29H37N5O. The van der Waals surface area contributed by atoms with Gasteiger partial charge in [-0.3, -0.25) is 0 Å². The predicted octanol–water partition coefficient (Wildman–Crippen LogP) is 5.34. The van der Waals surface area contributed by atoms with Crippen LogP contribution in [0.15, 0.2) is 48.8 Å². The molecule has 1 aromatic carbocycles. The van der Waals surface area contributed by atoms with Crippen LogP contribution in [0.25, 0.3) is 22.3 Å². The maximum Gasteiger partial charge on any atom is 0.131 e. The van der Waals surface area contributed by atoms with E-state index in [1.807, 2.05) is 18.5 Å². The van der Waals surface area contributed by atoms with Crippen LogP contribution in [0.2, 0.25) is 0 Å². The van der Waals surface area contributed by atoms with Crippen LogP contribution in [0.4, 0.5) is 11.6 Å². The fourth-order valence-corrected chi connectivity index (χ4v) is 5.42. The molecule has 184 valence electrons. The summed E-state index contributed by atoms with van der Waals surface area (Å²) in [6, 6.07) is 13.3. The first-order valence-electron chi connectivity index (χ1n) is 12.9. The number of rotatable bonds is 6. The molecule has 6 heteroatoms. The lowest BCUT2D eigenvalue weighted by Gasteiger charge is -2.28. The number of anilines is 2. The first-order chi connectivity index (χ1) is 17.1. The highest BCUT2D eigenvalue weighted by Crippen LogP contribution is 2.35. The topological polar surface area (TPSA) is 67.5 Å². The molecule has 2 fully saturated rings. The van der Waals surface area contributed by atoms with Gasteiger partial charge >= 0.3 is 0 Å². The summed E-state index contributed by atoms with van der Waals surface area (Å²) in [5, 5.41) is 0. The quantitative estimate of drug-likeness (QED) is 0.524. The van der Waals surface area contributed by atoms with E-state index in [2.05, 4.69) is 64.2 Å². The third kappa shape index (κ3) is 5.49. The Morgan fingerprint density at radius 1 is 0.943 bits per heavy atom. The summed E-state index contributed by atoms with van der Waals surface area (Å²) >= 11 is 0. The SMILES string of the molecule is CN(C)Cc1cc(-c2cnc(N)c(-c3ccnc(N4CCCCC4)c3)c2)ccc1C1CCOCC1. The first kappa shape index (κ1) is 23.8. The Balaban J connectivity index is 1.48. The lowest BCUT2D eigenvalue weighted by Crippen LogP contribution is -2.30. The van der Waals surface area contributed by atoms with E-state index >= 15 is 0 Å². The van der Waals surface area contributed by atoms with Crippen molar-refractivity contribution in [1.82, 2.24) is 14.9 Å². The van der Waals surface area contributed by atoms with Gasteiger partial charge in [-0.25, -0.2) is 9.97 Å². The Labute approximate surface area is 209 Å². The van der Waals surface area contributed by atoms with Gasteiger partial charge in [-0.1, -0.05) is 12.1 Å². The van der Waals surface area contributed by atoms with E-state index in [4.69, 9.17) is 10.5 Å². The number of hydrogen-bond acceptors (Lipinski definition) is 6. The number of piperidine rings is 1. The van der Waals surface area contributed by atoms with Gasteiger partial charge in [0.2, 0.25) is 0 Å². The maximum absolute atomic E-state index is 6.38. The number of nitrogens with zero attached hydrogens (tertiary/aromatic N) is 4. The van der Waals surface area contributed by atoms with E-state index in [1.165, 1.54) is 36.0 Å². The summed E-state index contributed by atoms with van der Waals surface area (Å²) in [4.78, 5) is 13.9. The van der Waals surface area contributed by atoms with Gasteiger partial charge in [0.1, 0.15) is 11.6 Å². The molecular weight excluding hydrogens is 434 g/mol. The second-order valence-electron chi connectivity index (χ2n) is 10.1. The number of nitrogens with two attached hydrogens (primary N) is 1. The van der Waals surface area contributed by atoms with Gasteiger partial charge in [0, 0.05) is 56.4 Å². The molecule has 0 atom stereocenters. The summed E-state index contributed by atoms with van der Waals surface area (Å²) in [6.45, 7) is 4.75. The summed E-state index contributed by atoms with van der Waals surface area (Å²) in [6.07, 6.45) is 9.73. The largest absolute Gasteiger partial charge is 0.383 e. The lowest BCUT2D eigenvalue weighted by molar-refractivity contribution is 0.0850. The Hall–Kier alpha value is -2.96. The monoisotopic (exact) mass is 471 g/mol. The molecule has 0 saturated carbocycles. The number of nitrogen functional groups attached to an aromatic ring is 1. The van der Waals surface area contributed by atoms with Crippen molar-refractivity contribution in [2.45, 2.75) is 44.6 Å². The fraction of sp³-hybridized carbons (Fsp3) is 0.448. The molecule has 0 radical (unpaired) electrons. The van der Waals surface area contributed by atoms with Gasteiger partial charge in [-0.2, -0.15) is 0 Å². The second-order valence-corrected chi connectivity index (χ2v) is 10.1. The van der Waals surface area contributed by atoms with Crippen molar-refractivity contribution < 1.29 is 4.74 Å². The number of hydrogen-bond donors (Lipinski definition) is 1. The predicted molar refractivity (Wildman–Crippen MR) is 144 cm³/mol. The van der Waals surface area contributed by atoms with Gasteiger partial charge in [0.25, 0.3) is 0 Å². The molecule has 2 saturated heterocycles. The highest BCUT2D eigenvalue weighted by Gasteiger charge is 2.20. The molecule has 6 nitrogen and oxygen atoms in total. The van der Waals surface area contributed by atoms with Crippen molar-refractivity contribution in [2.75, 3.05) is 51.0 Å². The van der Waals surface area contributed by atoms with Gasteiger partial charge in [-0.15, -0.1) is 0 Å². The fourth-order valence-electron chi connectivity index (χ4n) is 5.42. The molecule has 4 heterocycles. The van der Waals surface area contributed by atoms with Gasteiger partial charge < -0.3 is 20.3 Å². The minimum atomic E-state index is 0.553. The van der Waals surface area contributed by atoms with Crippen LogP contribution in [-0.4, -0.2) is 55.3 Å². The number of benzene rings is 1. The van der Waals surface area contributed by atoms with Gasteiger partial charge in [-0.05, 0) is 98.6 Å². The van der Waals surface area contributed by atoms with Crippen molar-refractivity contribution in [3.05, 3.63) is 59.9 Å². The number of ether oxygens (including phenoxy) is 1. The molecule has 2 aliphatic heterocycles. The molecule has 0 bridgehead atoms. The average Bonchev–Trinajstić information content (AvgIpc) is 2.90. The van der Waals surface area contributed by atoms with Crippen LogP contribution >= 0.6 is 0 Å². The second kappa shape index (κ2) is 10.8. The van der Waals surface area contributed by atoms with E-state index in [0.717, 1.165) is 68.2 Å². The van der Waals surface area contributed by atoms with Gasteiger partial charge in [0.15, 0.2) is 0 Å². The molecule has 0 spiro atoms. The van der Waals surface area contributed by atoms with E-state index in [0.29, 0.717) is 11.7 Å². The standard InChI is InChI=1S/C29H37N5O/c1-33(2)20-25-16-22(6-7-26(25)21-9-14-35-15-10-21)24-17-27(29(30)32-19-24)23-8-11-31-28(18-23)34-12-4-3-5-13-34/h6-8,11,16-19,21H,3-5,9-10,12-15,20H2,1-2H3,(H2,30,32). The van der Waals surface area contributed by atoms with Crippen LogP contribution < -0.4 is 10.6 Å². The Morgan fingerprint density at radius 3 is 2.51 bits per heavy atom. The minimum absolute atomic E-state index is 0.553. The highest BCUT2D eigenvalue weighted by molar-refractivity contribution is 5.80. The smallest absolute Gasteiger partial charge is 0.131 e. The van der Waals surface area contributed by atoms with Crippen molar-refractivity contribution in [2.24, 2.45) is 0 Å². The van der Waals surface area contributed by atoms with Crippen LogP contribution in [0, 0.1) is 0 Å². The summed E-state index contributed by atoms with van der Waals surface area (Å²) < 4.78 is 5.61. The molecule has 0 aliphatic carbocycles. The zero-order chi connectivity index (χ0) is 24.2. The van der Waals surface area contributed by atoms with E-state index in [1.54, 1.807) is 0 Å². The van der Waals surface area contributed by atoms with Crippen molar-refractivity contribution in [3.63, 3.8) is 0 Å². The van der Waals surface area contributed by atoms with Crippen LogP contribution in [0.1, 0.15) is 49.1 Å². The minimum Gasteiger partial charge on any atom is -0.383 e. The third-order valence-corrected chi connectivity index (χ3v) is 7.28. The first-order valence-corrected chi connectivity index (χ1v) is 12.9. The average molecular weight is 472 g/mol. The Kier molecular flexibility index (Phi) is 7.30. The maximum atomic E-state index is 6.38. The third-order valence-electron chi connectivity index (χ3n) is 7.28. The molecule has 35 heavy (non-hydrogen) atoms. The highest BCUT2D eigenvalue weighted by atomic mass is 16.5. The molecule has 0 amide bonds. The van der Waals surface area contributed by atoms with Crippen LogP contribution in [-0.2, 0) is 11.3 Å². The van der Waals surface area contributed by atoms with E-state index < -0.39 is 0 Å². The zero-order valence-electron chi connectivity index (χ0n) is 21.0. The zero-order valence-corrected chi connectivity index (χ0v) is 21.0. The summed E-state index contributed by atoms with van der Waals surface area (Å²) in [5.41, 5.74) is 13.5. The van der Waals surface area contributed by atoms with Gasteiger partial charge in [0.05, 0.1) is 0 Å². The lowest BCUT2D eigenvalue weighted by atomic mass is 9.86. The number of pyridine rings is 2. The number of aromatic nitrogens is 2. The normalized spacial score (nSPS) is 17.2. The molecule has 2 aliphatic rings. The van der Waals surface area contributed by atoms with Crippen molar-refractivity contribution in [3.8, 4) is 22.3 Å². The molecule has 2 aromatic heterocycles. The van der Waals surface area contributed by atoms with E-state index in [9.17, 15) is 0 Å². The molecule has 5 rings (SSSR count). The molecule has 2 N–H and O–H groups in total. The molecule has 0 unspecified atom stereocenters.